The molecule has 9 heteroatoms. The van der Waals surface area contributed by atoms with Crippen LogP contribution in [0.15, 0.2) is 0 Å². The van der Waals surface area contributed by atoms with Crippen molar-refractivity contribution in [2.24, 2.45) is 5.41 Å². The number of hydrogen-bond donors (Lipinski definition) is 0. The van der Waals surface area contributed by atoms with Crippen LogP contribution in [0.5, 0.6) is 0 Å². The predicted octanol–water partition coefficient (Wildman–Crippen LogP) is 3.49. The van der Waals surface area contributed by atoms with Gasteiger partial charge in [0.25, 0.3) is 6.10 Å². The summed E-state index contributed by atoms with van der Waals surface area (Å²) in [6.45, 7) is 0.280. The predicted molar refractivity (Wildman–Crippen MR) is 54.9 cm³/mol. The maximum Gasteiger partial charge on any atom is 0.434 e. The fourth-order valence-corrected chi connectivity index (χ4v) is 2.33. The second kappa shape index (κ2) is 4.70. The molecule has 1 saturated carbocycles. The van der Waals surface area contributed by atoms with Gasteiger partial charge in [0, 0.05) is 13.1 Å². The van der Waals surface area contributed by atoms with Crippen LogP contribution in [0.2, 0.25) is 0 Å². The number of carbonyl (C=O) groups excluding carboxylic acids is 1. The highest BCUT2D eigenvalue weighted by Gasteiger charge is 2.60. The Bertz CT molecular complexity index is 363. The van der Waals surface area contributed by atoms with E-state index in [-0.39, 0.29) is 18.5 Å². The highest BCUT2D eigenvalue weighted by atomic mass is 19.4. The van der Waals surface area contributed by atoms with Crippen LogP contribution in [-0.4, -0.2) is 42.5 Å². The smallest absolute Gasteiger partial charge is 0.426 e. The fourth-order valence-electron chi connectivity index (χ4n) is 2.33. The minimum Gasteiger partial charge on any atom is -0.426 e. The van der Waals surface area contributed by atoms with Gasteiger partial charge in [0.1, 0.15) is 0 Å². The molecule has 0 aromatic carbocycles. The van der Waals surface area contributed by atoms with Crippen molar-refractivity contribution in [2.45, 2.75) is 44.1 Å². The number of carbonyl (C=O) groups is 1. The Labute approximate surface area is 110 Å². The van der Waals surface area contributed by atoms with Gasteiger partial charge in [-0.2, -0.15) is 26.3 Å². The third kappa shape index (κ3) is 3.29. The van der Waals surface area contributed by atoms with Crippen LogP contribution in [0.1, 0.15) is 25.7 Å². The van der Waals surface area contributed by atoms with Gasteiger partial charge >= 0.3 is 18.4 Å². The number of nitrogens with zero attached hydrogens (tertiary/aromatic N) is 1. The Kier molecular flexibility index (Phi) is 3.58. The summed E-state index contributed by atoms with van der Waals surface area (Å²) in [5, 5.41) is 0. The molecule has 1 spiro atoms. The first-order valence-electron chi connectivity index (χ1n) is 6.13. The van der Waals surface area contributed by atoms with Crippen molar-refractivity contribution in [3.05, 3.63) is 0 Å². The number of amides is 1. The zero-order chi connectivity index (χ0) is 15.2. The lowest BCUT2D eigenvalue weighted by molar-refractivity contribution is -0.308. The summed E-state index contributed by atoms with van der Waals surface area (Å²) in [4.78, 5) is 12.3. The SMILES string of the molecule is O=C(OC(C(F)(F)F)C(F)(F)F)N1CCC2(CC1)CC2. The molecule has 0 unspecified atom stereocenters. The van der Waals surface area contributed by atoms with E-state index in [1.54, 1.807) is 0 Å². The molecule has 2 fully saturated rings. The van der Waals surface area contributed by atoms with Crippen LogP contribution < -0.4 is 0 Å². The summed E-state index contributed by atoms with van der Waals surface area (Å²) in [7, 11) is 0. The molecule has 1 aliphatic heterocycles. The summed E-state index contributed by atoms with van der Waals surface area (Å²) >= 11 is 0. The zero-order valence-electron chi connectivity index (χ0n) is 10.4. The maximum atomic E-state index is 12.3. The molecular weight excluding hydrogens is 292 g/mol. The lowest BCUT2D eigenvalue weighted by Gasteiger charge is -2.33. The summed E-state index contributed by atoms with van der Waals surface area (Å²) in [5.41, 5.74) is 0.157. The van der Waals surface area contributed by atoms with Crippen LogP contribution in [0, 0.1) is 5.41 Å². The van der Waals surface area contributed by atoms with Gasteiger partial charge in [-0.1, -0.05) is 0 Å². The first-order chi connectivity index (χ1) is 9.04. The van der Waals surface area contributed by atoms with Gasteiger partial charge in [0.05, 0.1) is 0 Å². The van der Waals surface area contributed by atoms with E-state index in [0.717, 1.165) is 17.7 Å². The monoisotopic (exact) mass is 305 g/mol. The van der Waals surface area contributed by atoms with E-state index in [0.29, 0.717) is 12.8 Å². The summed E-state index contributed by atoms with van der Waals surface area (Å²) in [5.74, 6) is 0. The standard InChI is InChI=1S/C11H13F6NO2/c12-10(13,14)7(11(15,16)17)20-8(19)18-5-3-9(1-2-9)4-6-18/h7H,1-6H2. The lowest BCUT2D eigenvalue weighted by atomic mass is 9.94. The quantitative estimate of drug-likeness (QED) is 0.694. The van der Waals surface area contributed by atoms with E-state index >= 15 is 0 Å². The number of rotatable bonds is 1. The minimum atomic E-state index is -5.67. The van der Waals surface area contributed by atoms with Crippen molar-refractivity contribution in [2.75, 3.05) is 13.1 Å². The second-order valence-electron chi connectivity index (χ2n) is 5.33. The van der Waals surface area contributed by atoms with E-state index in [9.17, 15) is 31.1 Å². The maximum absolute atomic E-state index is 12.3. The molecule has 0 bridgehead atoms. The Morgan fingerprint density at radius 1 is 0.950 bits per heavy atom. The molecule has 20 heavy (non-hydrogen) atoms. The molecule has 1 saturated heterocycles. The third-order valence-electron chi connectivity index (χ3n) is 3.85. The number of alkyl halides is 6. The van der Waals surface area contributed by atoms with Gasteiger partial charge in [0.2, 0.25) is 0 Å². The van der Waals surface area contributed by atoms with Crippen LogP contribution in [0.4, 0.5) is 31.1 Å². The average Bonchev–Trinajstić information content (AvgIpc) is 3.03. The van der Waals surface area contributed by atoms with Crippen LogP contribution >= 0.6 is 0 Å². The van der Waals surface area contributed by atoms with Gasteiger partial charge in [0.15, 0.2) is 0 Å². The second-order valence-corrected chi connectivity index (χ2v) is 5.33. The Morgan fingerprint density at radius 3 is 1.75 bits per heavy atom. The van der Waals surface area contributed by atoms with Crippen molar-refractivity contribution in [1.29, 1.82) is 0 Å². The van der Waals surface area contributed by atoms with Gasteiger partial charge in [-0.15, -0.1) is 0 Å². The summed E-state index contributed by atoms with van der Waals surface area (Å²) in [6.07, 6.45) is -13.7. The van der Waals surface area contributed by atoms with E-state index in [1.807, 2.05) is 0 Å². The lowest BCUT2D eigenvalue weighted by Crippen LogP contribution is -2.49. The molecule has 0 radical (unpaired) electrons. The molecule has 116 valence electrons. The Hall–Kier alpha value is -1.15. The first-order valence-corrected chi connectivity index (χ1v) is 6.13. The van der Waals surface area contributed by atoms with Crippen molar-refractivity contribution >= 4 is 6.09 Å². The van der Waals surface area contributed by atoms with Gasteiger partial charge in [-0.05, 0) is 31.1 Å². The molecule has 1 aliphatic carbocycles. The van der Waals surface area contributed by atoms with Gasteiger partial charge < -0.3 is 9.64 Å². The van der Waals surface area contributed by atoms with Crippen LogP contribution in [-0.2, 0) is 4.74 Å². The van der Waals surface area contributed by atoms with Crippen LogP contribution in [0.25, 0.3) is 0 Å². The highest BCUT2D eigenvalue weighted by Crippen LogP contribution is 2.53. The Morgan fingerprint density at radius 2 is 1.40 bits per heavy atom. The molecule has 0 atom stereocenters. The average molecular weight is 305 g/mol. The molecule has 0 N–H and O–H groups in total. The first kappa shape index (κ1) is 15.2. The molecular formula is C11H13F6NO2. The van der Waals surface area contributed by atoms with Gasteiger partial charge in [-0.3, -0.25) is 0 Å². The zero-order valence-corrected chi connectivity index (χ0v) is 10.4. The third-order valence-corrected chi connectivity index (χ3v) is 3.85. The van der Waals surface area contributed by atoms with Crippen molar-refractivity contribution < 1.29 is 35.9 Å². The molecule has 1 amide bonds. The van der Waals surface area contributed by atoms with Crippen molar-refractivity contribution in [1.82, 2.24) is 4.90 Å². The number of hydrogen-bond acceptors (Lipinski definition) is 2. The molecule has 2 rings (SSSR count). The van der Waals surface area contributed by atoms with Gasteiger partial charge in [-0.25, -0.2) is 4.79 Å². The molecule has 0 aromatic heterocycles. The van der Waals surface area contributed by atoms with E-state index < -0.39 is 24.5 Å². The highest BCUT2D eigenvalue weighted by molar-refractivity contribution is 5.68. The Balaban J connectivity index is 1.95. The minimum absolute atomic E-state index is 0.140. The van der Waals surface area contributed by atoms with E-state index in [1.165, 1.54) is 0 Å². The largest absolute Gasteiger partial charge is 0.434 e. The molecule has 3 nitrogen and oxygen atoms in total. The number of piperidine rings is 1. The number of likely N-dealkylation sites (tertiary alicyclic amines) is 1. The number of halogens is 6. The molecule has 1 heterocycles. The normalized spacial score (nSPS) is 22.2. The summed E-state index contributed by atoms with van der Waals surface area (Å²) < 4.78 is 77.2. The van der Waals surface area contributed by atoms with Crippen molar-refractivity contribution in [3.63, 3.8) is 0 Å². The summed E-state index contributed by atoms with van der Waals surface area (Å²) in [6, 6.07) is 0. The van der Waals surface area contributed by atoms with E-state index in [2.05, 4.69) is 4.74 Å². The topological polar surface area (TPSA) is 29.5 Å². The van der Waals surface area contributed by atoms with Crippen molar-refractivity contribution in [3.8, 4) is 0 Å². The fraction of sp³-hybridized carbons (Fsp3) is 0.909. The van der Waals surface area contributed by atoms with E-state index in [4.69, 9.17) is 0 Å². The number of ether oxygens (including phenoxy) is 1. The molecule has 0 aromatic rings. The molecule has 2 aliphatic rings. The van der Waals surface area contributed by atoms with Crippen LogP contribution in [0.3, 0.4) is 0 Å².